The van der Waals surface area contributed by atoms with Crippen molar-refractivity contribution in [2.24, 2.45) is 0 Å². The van der Waals surface area contributed by atoms with Crippen molar-refractivity contribution in [1.29, 1.82) is 0 Å². The molecule has 2 aromatic carbocycles. The lowest BCUT2D eigenvalue weighted by Gasteiger charge is -2.21. The number of ether oxygens (including phenoxy) is 3. The van der Waals surface area contributed by atoms with E-state index in [9.17, 15) is 14.4 Å². The van der Waals surface area contributed by atoms with Gasteiger partial charge in [-0.25, -0.2) is 14.6 Å². The third kappa shape index (κ3) is 4.94. The van der Waals surface area contributed by atoms with E-state index < -0.39 is 12.0 Å². The minimum absolute atomic E-state index is 0.0498. The molecule has 2 N–H and O–H groups in total. The first-order chi connectivity index (χ1) is 17.0. The molecule has 0 fully saturated rings. The lowest BCUT2D eigenvalue weighted by Crippen LogP contribution is -2.44. The van der Waals surface area contributed by atoms with Gasteiger partial charge in [0.1, 0.15) is 0 Å². The highest BCUT2D eigenvalue weighted by atomic mass is 32.2. The van der Waals surface area contributed by atoms with Crippen molar-refractivity contribution < 1.29 is 23.8 Å². The molecule has 3 aromatic rings. The molecule has 1 aliphatic heterocycles. The van der Waals surface area contributed by atoms with Crippen molar-refractivity contribution in [3.05, 3.63) is 64.1 Å². The van der Waals surface area contributed by atoms with E-state index in [1.54, 1.807) is 49.4 Å². The number of esters is 1. The van der Waals surface area contributed by atoms with E-state index in [-0.39, 0.29) is 24.5 Å². The number of urea groups is 1. The maximum Gasteiger partial charge on any atom is 0.337 e. The molecule has 1 aromatic heterocycles. The molecular formula is C24H24N4O6S. The number of nitrogens with zero attached hydrogens (tertiary/aromatic N) is 2. The van der Waals surface area contributed by atoms with Crippen LogP contribution in [0.1, 0.15) is 6.92 Å². The molecule has 0 atom stereocenters. The van der Waals surface area contributed by atoms with Gasteiger partial charge in [-0.05, 0) is 31.2 Å². The summed E-state index contributed by atoms with van der Waals surface area (Å²) < 4.78 is 17.3. The summed E-state index contributed by atoms with van der Waals surface area (Å²) >= 11 is 1.21. The Morgan fingerprint density at radius 3 is 2.63 bits per heavy atom. The van der Waals surface area contributed by atoms with Gasteiger partial charge in [-0.15, -0.1) is 0 Å². The van der Waals surface area contributed by atoms with Crippen molar-refractivity contribution in [3.8, 4) is 17.2 Å². The first kappa shape index (κ1) is 24.1. The van der Waals surface area contributed by atoms with Crippen LogP contribution in [0.5, 0.6) is 11.5 Å². The Kier molecular flexibility index (Phi) is 7.25. The molecule has 4 rings (SSSR count). The van der Waals surface area contributed by atoms with Crippen LogP contribution in [-0.4, -0.2) is 54.7 Å². The fourth-order valence-corrected chi connectivity index (χ4v) is 4.61. The number of rotatable bonds is 8. The number of carbonyl (C=O) groups excluding carboxylic acids is 2. The third-order valence-corrected chi connectivity index (χ3v) is 6.26. The van der Waals surface area contributed by atoms with Crippen LogP contribution in [-0.2, 0) is 9.53 Å². The van der Waals surface area contributed by atoms with Gasteiger partial charge >= 0.3 is 12.0 Å². The summed E-state index contributed by atoms with van der Waals surface area (Å²) in [6, 6.07) is 11.8. The van der Waals surface area contributed by atoms with E-state index in [0.717, 1.165) is 0 Å². The first-order valence-electron chi connectivity index (χ1n) is 10.8. The smallest absolute Gasteiger partial charge is 0.337 e. The number of amides is 2. The van der Waals surface area contributed by atoms with Gasteiger partial charge in [0.25, 0.3) is 5.56 Å². The normalized spacial score (nSPS) is 13.3. The molecule has 11 heteroatoms. The van der Waals surface area contributed by atoms with Gasteiger partial charge in [0.05, 0.1) is 49.5 Å². The molecule has 2 heterocycles. The van der Waals surface area contributed by atoms with E-state index in [1.165, 1.54) is 30.5 Å². The Morgan fingerprint density at radius 2 is 1.89 bits per heavy atom. The van der Waals surface area contributed by atoms with Crippen molar-refractivity contribution in [1.82, 2.24) is 20.2 Å². The van der Waals surface area contributed by atoms with Crippen LogP contribution in [0.4, 0.5) is 4.79 Å². The van der Waals surface area contributed by atoms with Gasteiger partial charge in [-0.2, -0.15) is 0 Å². The van der Waals surface area contributed by atoms with Crippen molar-refractivity contribution in [2.75, 3.05) is 33.1 Å². The topological polar surface area (TPSA) is 121 Å². The molecule has 0 radical (unpaired) electrons. The molecule has 0 spiro atoms. The third-order valence-electron chi connectivity index (χ3n) is 5.29. The molecule has 35 heavy (non-hydrogen) atoms. The highest BCUT2D eigenvalue weighted by molar-refractivity contribution is 7.99. The van der Waals surface area contributed by atoms with E-state index >= 15 is 0 Å². The maximum atomic E-state index is 13.5. The average Bonchev–Trinajstić information content (AvgIpc) is 2.87. The second-order valence-corrected chi connectivity index (χ2v) is 8.31. The highest BCUT2D eigenvalue weighted by Gasteiger charge is 2.24. The number of fused-ring (bicyclic) bond motifs is 1. The molecule has 0 unspecified atom stereocenters. The van der Waals surface area contributed by atoms with E-state index in [2.05, 4.69) is 10.6 Å². The van der Waals surface area contributed by atoms with E-state index in [4.69, 9.17) is 19.2 Å². The number of hydrogen-bond acceptors (Lipinski definition) is 8. The van der Waals surface area contributed by atoms with Gasteiger partial charge in [0.15, 0.2) is 16.7 Å². The van der Waals surface area contributed by atoms with Crippen molar-refractivity contribution in [3.63, 3.8) is 0 Å². The minimum Gasteiger partial charge on any atom is -0.493 e. The van der Waals surface area contributed by atoms with E-state index in [1.807, 2.05) is 0 Å². The van der Waals surface area contributed by atoms with Gasteiger partial charge in [0, 0.05) is 17.5 Å². The van der Waals surface area contributed by atoms with Crippen LogP contribution in [0, 0.1) is 0 Å². The zero-order valence-electron chi connectivity index (χ0n) is 19.4. The molecule has 10 nitrogen and oxygen atoms in total. The number of carbonyl (C=O) groups is 2. The quantitative estimate of drug-likeness (QED) is 0.277. The molecule has 0 bridgehead atoms. The summed E-state index contributed by atoms with van der Waals surface area (Å²) in [7, 11) is 3.05. The lowest BCUT2D eigenvalue weighted by atomic mass is 10.2. The number of para-hydroxylation sites is 1. The number of benzene rings is 2. The van der Waals surface area contributed by atoms with Crippen LogP contribution in [0.25, 0.3) is 16.6 Å². The van der Waals surface area contributed by atoms with Crippen molar-refractivity contribution in [2.45, 2.75) is 12.1 Å². The van der Waals surface area contributed by atoms with E-state index in [0.29, 0.717) is 44.5 Å². The molecule has 1 aliphatic rings. The average molecular weight is 497 g/mol. The van der Waals surface area contributed by atoms with Crippen LogP contribution in [0.15, 0.2) is 63.7 Å². The number of thioether (sulfide) groups is 1. The Morgan fingerprint density at radius 1 is 1.11 bits per heavy atom. The summed E-state index contributed by atoms with van der Waals surface area (Å²) in [5.41, 5.74) is 1.52. The largest absolute Gasteiger partial charge is 0.493 e. The molecule has 0 saturated carbocycles. The van der Waals surface area contributed by atoms with Crippen LogP contribution in [0.2, 0.25) is 0 Å². The van der Waals surface area contributed by atoms with Gasteiger partial charge in [-0.3, -0.25) is 9.36 Å². The molecule has 0 saturated heterocycles. The predicted octanol–water partition coefficient (Wildman–Crippen LogP) is 2.63. The Bertz CT molecular complexity index is 1380. The monoisotopic (exact) mass is 496 g/mol. The Balaban J connectivity index is 1.81. The van der Waals surface area contributed by atoms with Gasteiger partial charge < -0.3 is 24.8 Å². The summed E-state index contributed by atoms with van der Waals surface area (Å²) in [6.07, 6.45) is 0. The number of aromatic nitrogens is 2. The number of hydrogen-bond donors (Lipinski definition) is 2. The van der Waals surface area contributed by atoms with Crippen LogP contribution in [0.3, 0.4) is 0 Å². The summed E-state index contributed by atoms with van der Waals surface area (Å²) in [5.74, 6) is 0.645. The maximum absolute atomic E-state index is 13.5. The Labute approximate surface area is 205 Å². The number of methoxy groups -OCH3 is 2. The minimum atomic E-state index is -0.514. The summed E-state index contributed by atoms with van der Waals surface area (Å²) in [6.45, 7) is 1.97. The zero-order chi connectivity index (χ0) is 24.9. The zero-order valence-corrected chi connectivity index (χ0v) is 20.2. The lowest BCUT2D eigenvalue weighted by molar-refractivity contribution is -0.138. The van der Waals surface area contributed by atoms with Crippen LogP contribution < -0.4 is 25.7 Å². The molecular weight excluding hydrogens is 472 g/mol. The first-order valence-corrected chi connectivity index (χ1v) is 11.8. The second-order valence-electron chi connectivity index (χ2n) is 7.37. The summed E-state index contributed by atoms with van der Waals surface area (Å²) in [5, 5.41) is 6.09. The second kappa shape index (κ2) is 10.5. The van der Waals surface area contributed by atoms with Crippen LogP contribution >= 0.6 is 11.8 Å². The van der Waals surface area contributed by atoms with Gasteiger partial charge in [0.2, 0.25) is 0 Å². The predicted molar refractivity (Wildman–Crippen MR) is 131 cm³/mol. The molecule has 0 aliphatic carbocycles. The number of nitrogens with one attached hydrogen (secondary N) is 2. The standard InChI is InChI=1S/C24H24N4O6S/c1-4-34-22(30)16-12-25-23(31)26-18(16)13-35-24-27-17-8-6-5-7-15(17)21(29)28(24)14-9-10-19(32-2)20(11-14)33-3/h5-11H,4,12-13H2,1-3H3,(H2,25,26,31). The fraction of sp³-hybridized carbons (Fsp3) is 0.250. The fourth-order valence-electron chi connectivity index (χ4n) is 3.61. The summed E-state index contributed by atoms with van der Waals surface area (Å²) in [4.78, 5) is 42.6. The molecule has 2 amide bonds. The van der Waals surface area contributed by atoms with Crippen molar-refractivity contribution >= 4 is 34.7 Å². The SMILES string of the molecule is CCOC(=O)C1=C(CSc2nc3ccccc3c(=O)n2-c2ccc(OC)c(OC)c2)NC(=O)NC1. The highest BCUT2D eigenvalue weighted by Crippen LogP contribution is 2.31. The van der Waals surface area contributed by atoms with Gasteiger partial charge in [-0.1, -0.05) is 23.9 Å². The Hall–Kier alpha value is -3.99. The molecule has 182 valence electrons.